The summed E-state index contributed by atoms with van der Waals surface area (Å²) >= 11 is 0. The Morgan fingerprint density at radius 3 is 2.36 bits per heavy atom. The van der Waals surface area contributed by atoms with Crippen LogP contribution in [0.1, 0.15) is 5.56 Å². The number of carbonyl (C=O) groups is 1. The van der Waals surface area contributed by atoms with E-state index in [4.69, 9.17) is 0 Å². The van der Waals surface area contributed by atoms with Crippen molar-refractivity contribution < 1.29 is 31.4 Å². The first kappa shape index (κ1) is 21.7. The van der Waals surface area contributed by atoms with E-state index < -0.39 is 29.2 Å². The van der Waals surface area contributed by atoms with Crippen LogP contribution in [0.2, 0.25) is 6.82 Å². The van der Waals surface area contributed by atoms with Crippen LogP contribution in [-0.2, 0) is 21.4 Å². The van der Waals surface area contributed by atoms with Crippen molar-refractivity contribution in [1.82, 2.24) is 10.7 Å². The lowest BCUT2D eigenvalue weighted by Gasteiger charge is -2.25. The molecular formula is C16H17BF3N3O4S. The lowest BCUT2D eigenvalue weighted by molar-refractivity contribution is -0.173. The third-order valence-corrected chi connectivity index (χ3v) is 5.14. The lowest BCUT2D eigenvalue weighted by atomic mass is 9.88. The predicted octanol–water partition coefficient (Wildman–Crippen LogP) is 1.68. The highest BCUT2D eigenvalue weighted by atomic mass is 32.2. The Morgan fingerprint density at radius 1 is 1.14 bits per heavy atom. The zero-order valence-corrected chi connectivity index (χ0v) is 15.5. The molecule has 0 fully saturated rings. The van der Waals surface area contributed by atoms with Gasteiger partial charge in [-0.05, 0) is 36.7 Å². The van der Waals surface area contributed by atoms with Gasteiger partial charge in [-0.2, -0.15) is 26.0 Å². The summed E-state index contributed by atoms with van der Waals surface area (Å²) in [5.41, 5.74) is 1.69. The standard InChI is InChI=1S/C16H17BF3N3O4S/c1-17(25)21-11-12-6-5-7-13(10-12)23(22-15(24)16(18,19)20)28(26,27)14-8-3-2-4-9-14/h2-10,21,25H,11H2,1H3,(H,22,24). The molecule has 0 aliphatic rings. The summed E-state index contributed by atoms with van der Waals surface area (Å²) in [5.74, 6) is -2.43. The number of benzene rings is 2. The number of halogens is 3. The quantitative estimate of drug-likeness (QED) is 0.472. The zero-order valence-electron chi connectivity index (χ0n) is 14.6. The molecule has 0 unspecified atom stereocenters. The van der Waals surface area contributed by atoms with Crippen LogP contribution >= 0.6 is 0 Å². The molecular weight excluding hydrogens is 398 g/mol. The molecule has 0 saturated carbocycles. The molecule has 150 valence electrons. The van der Waals surface area contributed by atoms with Gasteiger partial charge in [0.25, 0.3) is 10.0 Å². The van der Waals surface area contributed by atoms with Crippen LogP contribution in [0.25, 0.3) is 0 Å². The number of hydrogen-bond donors (Lipinski definition) is 3. The van der Waals surface area contributed by atoms with Crippen molar-refractivity contribution in [3.8, 4) is 0 Å². The molecule has 12 heteroatoms. The largest absolute Gasteiger partial charge is 0.472 e. The molecule has 0 radical (unpaired) electrons. The highest BCUT2D eigenvalue weighted by Gasteiger charge is 2.42. The first-order valence-corrected chi connectivity index (χ1v) is 9.44. The summed E-state index contributed by atoms with van der Waals surface area (Å²) in [5, 5.41) is 12.0. The van der Waals surface area contributed by atoms with E-state index in [1.165, 1.54) is 54.7 Å². The maximum atomic E-state index is 12.9. The molecule has 0 atom stereocenters. The molecule has 0 bridgehead atoms. The molecule has 0 aliphatic carbocycles. The minimum Gasteiger partial charge on any atom is -0.437 e. The summed E-state index contributed by atoms with van der Waals surface area (Å²) in [6.07, 6.45) is -5.28. The maximum absolute atomic E-state index is 12.9. The van der Waals surface area contributed by atoms with E-state index in [0.717, 1.165) is 0 Å². The second-order valence-corrected chi connectivity index (χ2v) is 7.53. The molecule has 3 N–H and O–H groups in total. The van der Waals surface area contributed by atoms with Gasteiger partial charge < -0.3 is 10.3 Å². The Balaban J connectivity index is 2.47. The normalized spacial score (nSPS) is 11.8. The van der Waals surface area contributed by atoms with E-state index in [1.54, 1.807) is 12.1 Å². The second-order valence-electron chi connectivity index (χ2n) is 5.75. The smallest absolute Gasteiger partial charge is 0.437 e. The number of alkyl halides is 3. The van der Waals surface area contributed by atoms with Gasteiger partial charge in [-0.15, -0.1) is 0 Å². The fourth-order valence-corrected chi connectivity index (χ4v) is 3.48. The van der Waals surface area contributed by atoms with Crippen molar-refractivity contribution in [2.24, 2.45) is 0 Å². The van der Waals surface area contributed by atoms with Crippen molar-refractivity contribution in [2.75, 3.05) is 4.41 Å². The molecule has 0 saturated heterocycles. The van der Waals surface area contributed by atoms with E-state index >= 15 is 0 Å². The number of rotatable bonds is 7. The molecule has 2 aromatic rings. The van der Waals surface area contributed by atoms with Gasteiger partial charge in [0.2, 0.25) is 0 Å². The fraction of sp³-hybridized carbons (Fsp3) is 0.188. The Hall–Kier alpha value is -2.57. The van der Waals surface area contributed by atoms with Gasteiger partial charge in [0.1, 0.15) is 0 Å². The minimum absolute atomic E-state index is 0.123. The average Bonchev–Trinajstić information content (AvgIpc) is 2.64. The molecule has 0 heterocycles. The number of carbonyl (C=O) groups excluding carboxylic acids is 1. The first-order chi connectivity index (χ1) is 13.0. The van der Waals surface area contributed by atoms with E-state index in [1.807, 2.05) is 0 Å². The Bertz CT molecular complexity index is 924. The van der Waals surface area contributed by atoms with Gasteiger partial charge in [-0.25, -0.2) is 5.43 Å². The van der Waals surface area contributed by atoms with E-state index in [2.05, 4.69) is 5.23 Å². The van der Waals surface area contributed by atoms with Crippen LogP contribution in [0.4, 0.5) is 18.9 Å². The number of nitrogens with one attached hydrogen (secondary N) is 2. The molecule has 0 aliphatic heterocycles. The molecule has 1 amide bonds. The summed E-state index contributed by atoms with van der Waals surface area (Å²) in [7, 11) is -5.38. The van der Waals surface area contributed by atoms with Gasteiger partial charge >= 0.3 is 19.1 Å². The highest BCUT2D eigenvalue weighted by molar-refractivity contribution is 7.92. The lowest BCUT2D eigenvalue weighted by Crippen LogP contribution is -2.51. The van der Waals surface area contributed by atoms with Crippen molar-refractivity contribution in [1.29, 1.82) is 0 Å². The Kier molecular flexibility index (Phi) is 6.70. The van der Waals surface area contributed by atoms with Crippen LogP contribution in [0.3, 0.4) is 0 Å². The number of hydrazine groups is 1. The highest BCUT2D eigenvalue weighted by Crippen LogP contribution is 2.24. The van der Waals surface area contributed by atoms with Crippen molar-refractivity contribution in [3.63, 3.8) is 0 Å². The van der Waals surface area contributed by atoms with Crippen molar-refractivity contribution in [3.05, 3.63) is 60.2 Å². The minimum atomic E-state index is -5.28. The Morgan fingerprint density at radius 2 is 1.79 bits per heavy atom. The number of nitrogens with zero attached hydrogens (tertiary/aromatic N) is 1. The van der Waals surface area contributed by atoms with Crippen molar-refractivity contribution >= 4 is 28.7 Å². The average molecular weight is 415 g/mol. The molecule has 2 aromatic carbocycles. The predicted molar refractivity (Wildman–Crippen MR) is 97.4 cm³/mol. The monoisotopic (exact) mass is 415 g/mol. The second kappa shape index (κ2) is 8.63. The van der Waals surface area contributed by atoms with Crippen molar-refractivity contribution in [2.45, 2.75) is 24.4 Å². The Labute approximate surface area is 160 Å². The molecule has 7 nitrogen and oxygen atoms in total. The summed E-state index contributed by atoms with van der Waals surface area (Å²) in [6, 6.07) is 12.3. The van der Waals surface area contributed by atoms with E-state index in [0.29, 0.717) is 5.56 Å². The SMILES string of the molecule is CB(O)NCc1cccc(N(NC(=O)C(F)(F)F)S(=O)(=O)c2ccccc2)c1. The van der Waals surface area contributed by atoms with Gasteiger partial charge in [0.05, 0.1) is 10.6 Å². The third kappa shape index (κ3) is 5.47. The maximum Gasteiger partial charge on any atom is 0.472 e. The fourth-order valence-electron chi connectivity index (χ4n) is 2.18. The number of sulfonamides is 1. The van der Waals surface area contributed by atoms with Crippen LogP contribution in [0.5, 0.6) is 0 Å². The number of anilines is 1. The van der Waals surface area contributed by atoms with E-state index in [-0.39, 0.29) is 21.5 Å². The van der Waals surface area contributed by atoms with Crippen LogP contribution < -0.4 is 15.1 Å². The van der Waals surface area contributed by atoms with Gasteiger partial charge in [0, 0.05) is 6.54 Å². The van der Waals surface area contributed by atoms with E-state index in [9.17, 15) is 31.4 Å². The topological polar surface area (TPSA) is 98.7 Å². The van der Waals surface area contributed by atoms with Gasteiger partial charge in [-0.1, -0.05) is 30.3 Å². The van der Waals surface area contributed by atoms with Crippen LogP contribution in [-0.4, -0.2) is 32.6 Å². The third-order valence-electron chi connectivity index (χ3n) is 3.49. The zero-order chi connectivity index (χ0) is 20.9. The summed E-state index contributed by atoms with van der Waals surface area (Å²) in [6.45, 7) is 1.59. The van der Waals surface area contributed by atoms with Gasteiger partial charge in [0.15, 0.2) is 0 Å². The summed E-state index contributed by atoms with van der Waals surface area (Å²) < 4.78 is 64.1. The summed E-state index contributed by atoms with van der Waals surface area (Å²) in [4.78, 5) is 11.1. The van der Waals surface area contributed by atoms with Gasteiger partial charge in [-0.3, -0.25) is 4.79 Å². The van der Waals surface area contributed by atoms with Crippen LogP contribution in [0.15, 0.2) is 59.5 Å². The van der Waals surface area contributed by atoms with Crippen LogP contribution in [0, 0.1) is 0 Å². The molecule has 0 aromatic heterocycles. The molecule has 28 heavy (non-hydrogen) atoms. The number of amides is 1. The molecule has 0 spiro atoms. The number of hydrogen-bond acceptors (Lipinski definition) is 5. The molecule has 2 rings (SSSR count). The first-order valence-electron chi connectivity index (χ1n) is 8.00.